The summed E-state index contributed by atoms with van der Waals surface area (Å²) in [7, 11) is 0. The van der Waals surface area contributed by atoms with Gasteiger partial charge in [-0.2, -0.15) is 0 Å². The van der Waals surface area contributed by atoms with Gasteiger partial charge in [0.15, 0.2) is 23.0 Å². The largest absolute Gasteiger partial charge is 0.507 e. The van der Waals surface area contributed by atoms with Crippen molar-refractivity contribution in [3.8, 4) is 28.7 Å². The second-order valence-electron chi connectivity index (χ2n) is 17.7. The Kier molecular flexibility index (Phi) is 9.80. The molecular formula is C48H55N3O6. The van der Waals surface area contributed by atoms with Gasteiger partial charge >= 0.3 is 0 Å². The molecule has 0 bridgehead atoms. The summed E-state index contributed by atoms with van der Waals surface area (Å²) >= 11 is 0. The van der Waals surface area contributed by atoms with Crippen molar-refractivity contribution in [1.82, 2.24) is 5.32 Å². The Morgan fingerprint density at radius 3 is 2.32 bits per heavy atom. The number of benzene rings is 4. The van der Waals surface area contributed by atoms with Crippen LogP contribution in [0.1, 0.15) is 98.4 Å². The summed E-state index contributed by atoms with van der Waals surface area (Å²) in [5, 5.41) is 69.6. The fourth-order valence-corrected chi connectivity index (χ4v) is 12.7. The van der Waals surface area contributed by atoms with Crippen molar-refractivity contribution < 1.29 is 30.6 Å². The number of phenols is 5. The van der Waals surface area contributed by atoms with Gasteiger partial charge in [-0.15, -0.1) is 0 Å². The highest BCUT2D eigenvalue weighted by Gasteiger charge is 2.70. The van der Waals surface area contributed by atoms with Crippen molar-refractivity contribution in [2.24, 2.45) is 38.1 Å². The van der Waals surface area contributed by atoms with E-state index < -0.39 is 0 Å². The lowest BCUT2D eigenvalue weighted by Gasteiger charge is -2.66. The second kappa shape index (κ2) is 14.8. The van der Waals surface area contributed by atoms with E-state index in [1.165, 1.54) is 81.5 Å². The fraction of sp³-hybridized carbons (Fsp3) is 0.458. The smallest absolute Gasteiger partial charge is 0.169 e. The van der Waals surface area contributed by atoms with Crippen LogP contribution in [-0.4, -0.2) is 61.9 Å². The first kappa shape index (κ1) is 37.7. The molecule has 5 aliphatic rings. The van der Waals surface area contributed by atoms with Crippen molar-refractivity contribution in [2.45, 2.75) is 96.1 Å². The molecule has 0 amide bonds. The summed E-state index contributed by atoms with van der Waals surface area (Å²) in [6, 6.07) is 18.1. The monoisotopic (exact) mass is 769 g/mol. The van der Waals surface area contributed by atoms with E-state index in [0.717, 1.165) is 30.7 Å². The fourth-order valence-electron chi connectivity index (χ4n) is 12.7. The first-order chi connectivity index (χ1) is 27.7. The summed E-state index contributed by atoms with van der Waals surface area (Å²) in [5.41, 5.74) is 5.28. The zero-order chi connectivity index (χ0) is 39.4. The van der Waals surface area contributed by atoms with Gasteiger partial charge in [-0.25, -0.2) is 0 Å². The van der Waals surface area contributed by atoms with Crippen LogP contribution in [0.25, 0.3) is 22.9 Å². The van der Waals surface area contributed by atoms with Gasteiger partial charge in [-0.1, -0.05) is 73.9 Å². The summed E-state index contributed by atoms with van der Waals surface area (Å²) in [6.07, 6.45) is 19.5. The van der Waals surface area contributed by atoms with E-state index in [1.807, 2.05) is 0 Å². The Morgan fingerprint density at radius 1 is 0.737 bits per heavy atom. The molecular weight excluding hydrogens is 715 g/mol. The van der Waals surface area contributed by atoms with Crippen LogP contribution < -0.4 is 5.32 Å². The maximum atomic E-state index is 12.1. The summed E-state index contributed by atoms with van der Waals surface area (Å²) in [5.74, 6) is -0.342. The van der Waals surface area contributed by atoms with Gasteiger partial charge in [0.05, 0.1) is 17.2 Å². The Hall–Kier alpha value is -4.86. The highest BCUT2D eigenvalue weighted by Crippen LogP contribution is 2.73. The minimum absolute atomic E-state index is 0.127. The number of aryl methyl sites for hydroxylation is 1. The van der Waals surface area contributed by atoms with Crippen LogP contribution in [0.15, 0.2) is 70.6 Å². The topological polar surface area (TPSA) is 158 Å². The normalized spacial score (nSPS) is 27.7. The van der Waals surface area contributed by atoms with Crippen molar-refractivity contribution in [2.75, 3.05) is 13.2 Å². The number of fused-ring (bicyclic) bond motifs is 1. The molecule has 4 aromatic rings. The first-order valence-electron chi connectivity index (χ1n) is 21.1. The number of aliphatic hydroxyl groups is 1. The molecule has 7 N–H and O–H groups in total. The Labute approximate surface area is 334 Å². The summed E-state index contributed by atoms with van der Waals surface area (Å²) < 4.78 is 0. The lowest BCUT2D eigenvalue weighted by molar-refractivity contribution is -0.175. The number of aliphatic imine (C=N–C) groups is 2. The molecule has 4 fully saturated rings. The highest BCUT2D eigenvalue weighted by atomic mass is 16.3. The molecule has 1 heterocycles. The molecule has 9 nitrogen and oxygen atoms in total. The molecule has 9 rings (SSSR count). The molecule has 1 aliphatic heterocycles. The molecule has 0 saturated heterocycles. The molecule has 0 unspecified atom stereocenters. The summed E-state index contributed by atoms with van der Waals surface area (Å²) in [6.45, 7) is 1.98. The zero-order valence-corrected chi connectivity index (χ0v) is 32.6. The van der Waals surface area contributed by atoms with E-state index in [9.17, 15) is 30.6 Å². The minimum atomic E-state index is -0.362. The van der Waals surface area contributed by atoms with E-state index in [1.54, 1.807) is 30.4 Å². The van der Waals surface area contributed by atoms with Gasteiger partial charge < -0.3 is 36.0 Å². The zero-order valence-electron chi connectivity index (χ0n) is 32.6. The average molecular weight is 770 g/mol. The number of hydrogen-bond acceptors (Lipinski definition) is 9. The van der Waals surface area contributed by atoms with Crippen LogP contribution in [0, 0.1) is 28.1 Å². The third kappa shape index (κ3) is 6.20. The predicted octanol–water partition coefficient (Wildman–Crippen LogP) is 8.79. The van der Waals surface area contributed by atoms with Gasteiger partial charge in [0.1, 0.15) is 12.4 Å². The maximum absolute atomic E-state index is 12.1. The lowest BCUT2D eigenvalue weighted by Crippen LogP contribution is -2.68. The molecule has 4 aromatic carbocycles. The van der Waals surface area contributed by atoms with Crippen LogP contribution in [-0.2, 0) is 19.4 Å². The molecule has 4 saturated carbocycles. The quantitative estimate of drug-likeness (QED) is 0.0628. The van der Waals surface area contributed by atoms with E-state index >= 15 is 0 Å². The van der Waals surface area contributed by atoms with Crippen LogP contribution in [0.3, 0.4) is 0 Å². The first-order valence-corrected chi connectivity index (χ1v) is 21.1. The number of hydrogen-bond donors (Lipinski definition) is 7. The highest BCUT2D eigenvalue weighted by molar-refractivity contribution is 6.34. The third-order valence-electron chi connectivity index (χ3n) is 15.2. The molecule has 0 radical (unpaired) electrons. The van der Waals surface area contributed by atoms with Gasteiger partial charge in [0, 0.05) is 36.2 Å². The standard InChI is InChI=1S/C48H55N3O6/c52-37-18-14-31(25-40(37)55)13-16-34-35-6-3-7-38(53)42(35)44(57)43(56)36(34)17-12-30-8-10-32(11-9-30)26-49-28-48(41-27-50-29-51-41)45-39(54)19-15-33-5-4-22-47(33,45)24-23-46(48)20-1-2-21-46/h3,6-11,13-14,16,18,25,27,33,39,45,49,52-57H,1-2,4-5,12,15,17,19-24,26,28-29H2/t33-,39-,45-,47-,48+/m0/s1. The molecule has 57 heavy (non-hydrogen) atoms. The summed E-state index contributed by atoms with van der Waals surface area (Å²) in [4.78, 5) is 9.78. The van der Waals surface area contributed by atoms with E-state index in [2.05, 4.69) is 40.8 Å². The molecule has 2 spiro atoms. The van der Waals surface area contributed by atoms with Gasteiger partial charge in [0.25, 0.3) is 0 Å². The van der Waals surface area contributed by atoms with Crippen molar-refractivity contribution in [1.29, 1.82) is 0 Å². The number of nitrogens with zero attached hydrogens (tertiary/aromatic N) is 2. The number of aliphatic hydroxyl groups excluding tert-OH is 1. The van der Waals surface area contributed by atoms with Crippen LogP contribution in [0.2, 0.25) is 0 Å². The Morgan fingerprint density at radius 2 is 1.54 bits per heavy atom. The van der Waals surface area contributed by atoms with E-state index in [0.29, 0.717) is 54.0 Å². The maximum Gasteiger partial charge on any atom is 0.169 e. The number of aromatic hydroxyl groups is 5. The van der Waals surface area contributed by atoms with Crippen molar-refractivity contribution >= 4 is 34.9 Å². The van der Waals surface area contributed by atoms with Crippen molar-refractivity contribution in [3.05, 3.63) is 88.5 Å². The van der Waals surface area contributed by atoms with Crippen LogP contribution in [0.5, 0.6) is 28.7 Å². The van der Waals surface area contributed by atoms with Crippen LogP contribution >= 0.6 is 0 Å². The third-order valence-corrected chi connectivity index (χ3v) is 15.2. The van der Waals surface area contributed by atoms with E-state index in [-0.39, 0.29) is 62.4 Å². The van der Waals surface area contributed by atoms with E-state index in [4.69, 9.17) is 4.99 Å². The number of nitrogens with one attached hydrogen (secondary N) is 1. The predicted molar refractivity (Wildman–Crippen MR) is 225 cm³/mol. The van der Waals surface area contributed by atoms with Gasteiger partial charge in [-0.3, -0.25) is 9.98 Å². The molecule has 298 valence electrons. The SMILES string of the molecule is Oc1ccc(C=Cc2c(CCc3ccc(CNC[C@@]4(C5=NCN=C5)[C@H]5[C@@H](O)CC[C@@H]6CCC[C@]65CCC45CCCC5)cc3)c(O)c(O)c3c(O)cccc23)cc1O. The minimum Gasteiger partial charge on any atom is -0.507 e. The second-order valence-corrected chi connectivity index (χ2v) is 17.7. The average Bonchev–Trinajstić information content (AvgIpc) is 4.01. The Bertz CT molecular complexity index is 2260. The molecule has 0 aromatic heterocycles. The van der Waals surface area contributed by atoms with Gasteiger partial charge in [-0.05, 0) is 127 Å². The lowest BCUT2D eigenvalue weighted by atomic mass is 9.38. The van der Waals surface area contributed by atoms with Gasteiger partial charge in [0.2, 0.25) is 0 Å². The van der Waals surface area contributed by atoms with Crippen LogP contribution in [0.4, 0.5) is 0 Å². The van der Waals surface area contributed by atoms with Crippen molar-refractivity contribution in [3.63, 3.8) is 0 Å². The number of rotatable bonds is 10. The molecule has 9 heteroatoms. The molecule has 4 aliphatic carbocycles. The Balaban J connectivity index is 0.960. The molecule has 5 atom stereocenters. The number of phenolic OH excluding ortho intramolecular Hbond substituents is 5.